The van der Waals surface area contributed by atoms with Crippen LogP contribution in [0, 0.1) is 0 Å². The van der Waals surface area contributed by atoms with E-state index >= 15 is 0 Å². The first-order valence-corrected chi connectivity index (χ1v) is 7.99. The lowest BCUT2D eigenvalue weighted by Gasteiger charge is -2.15. The number of hydrogen-bond acceptors (Lipinski definition) is 3. The van der Waals surface area contributed by atoms with Crippen LogP contribution in [0.15, 0.2) is 42.5 Å². The smallest absolute Gasteiger partial charge is 0.162 e. The molecule has 0 saturated heterocycles. The number of nitrogens with one attached hydrogen (secondary N) is 1. The van der Waals surface area contributed by atoms with Crippen LogP contribution in [0.1, 0.15) is 25.8 Å². The van der Waals surface area contributed by atoms with Gasteiger partial charge in [-0.05, 0) is 37.1 Å². The quantitative estimate of drug-likeness (QED) is 0.730. The van der Waals surface area contributed by atoms with E-state index in [0.29, 0.717) is 30.5 Å². The standard InChI is InChI=1S/C18H22ClNO2/c1-3-10-22-18-12-16(19)14(11-17(18)21-4-2)13-20-15-8-6-5-7-9-15/h5-9,11-12,20H,3-4,10,13H2,1-2H3. The van der Waals surface area contributed by atoms with Gasteiger partial charge < -0.3 is 14.8 Å². The van der Waals surface area contributed by atoms with Gasteiger partial charge in [0.2, 0.25) is 0 Å². The van der Waals surface area contributed by atoms with Gasteiger partial charge in [0.15, 0.2) is 11.5 Å². The summed E-state index contributed by atoms with van der Waals surface area (Å²) in [5, 5.41) is 4.03. The number of anilines is 1. The van der Waals surface area contributed by atoms with Crippen LogP contribution < -0.4 is 14.8 Å². The van der Waals surface area contributed by atoms with Crippen molar-refractivity contribution in [2.75, 3.05) is 18.5 Å². The molecule has 3 nitrogen and oxygen atoms in total. The van der Waals surface area contributed by atoms with Crippen molar-refractivity contribution in [2.24, 2.45) is 0 Å². The number of ether oxygens (including phenoxy) is 2. The summed E-state index contributed by atoms with van der Waals surface area (Å²) in [5.74, 6) is 1.45. The van der Waals surface area contributed by atoms with Gasteiger partial charge in [-0.2, -0.15) is 0 Å². The van der Waals surface area contributed by atoms with Gasteiger partial charge in [0, 0.05) is 23.3 Å². The second kappa shape index (κ2) is 8.54. The fourth-order valence-electron chi connectivity index (χ4n) is 2.06. The van der Waals surface area contributed by atoms with E-state index in [1.165, 1.54) is 0 Å². The van der Waals surface area contributed by atoms with Crippen molar-refractivity contribution in [2.45, 2.75) is 26.8 Å². The van der Waals surface area contributed by atoms with Crippen molar-refractivity contribution in [1.29, 1.82) is 0 Å². The van der Waals surface area contributed by atoms with Gasteiger partial charge in [-0.25, -0.2) is 0 Å². The van der Waals surface area contributed by atoms with E-state index < -0.39 is 0 Å². The molecule has 0 fully saturated rings. The molecule has 0 bridgehead atoms. The maximum absolute atomic E-state index is 6.37. The molecule has 0 amide bonds. The topological polar surface area (TPSA) is 30.5 Å². The molecular formula is C18H22ClNO2. The molecule has 0 aliphatic carbocycles. The lowest BCUT2D eigenvalue weighted by molar-refractivity contribution is 0.276. The third-order valence-electron chi connectivity index (χ3n) is 3.13. The van der Waals surface area contributed by atoms with Crippen molar-refractivity contribution in [3.8, 4) is 11.5 Å². The number of hydrogen-bond donors (Lipinski definition) is 1. The second-order valence-electron chi connectivity index (χ2n) is 4.89. The summed E-state index contributed by atoms with van der Waals surface area (Å²) < 4.78 is 11.4. The van der Waals surface area contributed by atoms with E-state index in [0.717, 1.165) is 23.4 Å². The summed E-state index contributed by atoms with van der Waals surface area (Å²) >= 11 is 6.37. The number of halogens is 1. The van der Waals surface area contributed by atoms with Crippen LogP contribution in [0.3, 0.4) is 0 Å². The van der Waals surface area contributed by atoms with Crippen LogP contribution in [-0.2, 0) is 6.54 Å². The Balaban J connectivity index is 2.14. The van der Waals surface area contributed by atoms with Crippen molar-refractivity contribution >= 4 is 17.3 Å². The molecule has 2 aromatic rings. The van der Waals surface area contributed by atoms with Crippen LogP contribution in [0.4, 0.5) is 5.69 Å². The zero-order valence-electron chi connectivity index (χ0n) is 13.1. The van der Waals surface area contributed by atoms with E-state index in [1.807, 2.05) is 49.4 Å². The van der Waals surface area contributed by atoms with Gasteiger partial charge in [0.25, 0.3) is 0 Å². The molecule has 0 aliphatic heterocycles. The van der Waals surface area contributed by atoms with Crippen LogP contribution in [-0.4, -0.2) is 13.2 Å². The van der Waals surface area contributed by atoms with E-state index in [-0.39, 0.29) is 0 Å². The minimum Gasteiger partial charge on any atom is -0.490 e. The van der Waals surface area contributed by atoms with E-state index in [9.17, 15) is 0 Å². The van der Waals surface area contributed by atoms with E-state index in [4.69, 9.17) is 21.1 Å². The molecule has 0 radical (unpaired) electrons. The van der Waals surface area contributed by atoms with Crippen molar-refractivity contribution in [3.05, 3.63) is 53.1 Å². The fourth-order valence-corrected chi connectivity index (χ4v) is 2.28. The number of rotatable bonds is 8. The van der Waals surface area contributed by atoms with Crippen molar-refractivity contribution in [3.63, 3.8) is 0 Å². The molecule has 0 unspecified atom stereocenters. The summed E-state index contributed by atoms with van der Waals surface area (Å²) in [4.78, 5) is 0. The molecule has 0 saturated carbocycles. The zero-order valence-corrected chi connectivity index (χ0v) is 13.8. The van der Waals surface area contributed by atoms with Gasteiger partial charge in [-0.1, -0.05) is 36.7 Å². The van der Waals surface area contributed by atoms with Crippen LogP contribution in [0.5, 0.6) is 11.5 Å². The normalized spacial score (nSPS) is 10.3. The Hall–Kier alpha value is -1.87. The largest absolute Gasteiger partial charge is 0.490 e. The summed E-state index contributed by atoms with van der Waals surface area (Å²) in [6.45, 7) is 5.91. The minimum atomic E-state index is 0.593. The fraction of sp³-hybridized carbons (Fsp3) is 0.333. The van der Waals surface area contributed by atoms with Crippen molar-refractivity contribution in [1.82, 2.24) is 0 Å². The SMILES string of the molecule is CCCOc1cc(Cl)c(CNc2ccccc2)cc1OCC. The molecular weight excluding hydrogens is 298 g/mol. The molecule has 0 spiro atoms. The summed E-state index contributed by atoms with van der Waals surface area (Å²) in [6.07, 6.45) is 0.945. The van der Waals surface area contributed by atoms with Crippen molar-refractivity contribution < 1.29 is 9.47 Å². The average Bonchev–Trinajstić information content (AvgIpc) is 2.54. The Kier molecular flexibility index (Phi) is 6.41. The summed E-state index contributed by atoms with van der Waals surface area (Å²) in [7, 11) is 0. The predicted octanol–water partition coefficient (Wildman–Crippen LogP) is 5.14. The minimum absolute atomic E-state index is 0.593. The van der Waals surface area contributed by atoms with Crippen LogP contribution in [0.2, 0.25) is 5.02 Å². The molecule has 4 heteroatoms. The first kappa shape index (κ1) is 16.5. The molecule has 2 rings (SSSR count). The lowest BCUT2D eigenvalue weighted by atomic mass is 10.2. The van der Waals surface area contributed by atoms with Gasteiger partial charge in [0.1, 0.15) is 0 Å². The molecule has 2 aromatic carbocycles. The van der Waals surface area contributed by atoms with Crippen LogP contribution >= 0.6 is 11.6 Å². The first-order valence-electron chi connectivity index (χ1n) is 7.61. The predicted molar refractivity (Wildman–Crippen MR) is 92.2 cm³/mol. The van der Waals surface area contributed by atoms with Gasteiger partial charge in [-0.3, -0.25) is 0 Å². The Morgan fingerprint density at radius 2 is 1.73 bits per heavy atom. The monoisotopic (exact) mass is 319 g/mol. The summed E-state index contributed by atoms with van der Waals surface area (Å²) in [6, 6.07) is 13.8. The summed E-state index contributed by atoms with van der Waals surface area (Å²) in [5.41, 5.74) is 2.04. The molecule has 0 heterocycles. The molecule has 0 atom stereocenters. The highest BCUT2D eigenvalue weighted by Gasteiger charge is 2.11. The Bertz CT molecular complexity index is 587. The highest BCUT2D eigenvalue weighted by atomic mass is 35.5. The van der Waals surface area contributed by atoms with E-state index in [1.54, 1.807) is 0 Å². The highest BCUT2D eigenvalue weighted by Crippen LogP contribution is 2.34. The van der Waals surface area contributed by atoms with E-state index in [2.05, 4.69) is 12.2 Å². The zero-order chi connectivity index (χ0) is 15.8. The Morgan fingerprint density at radius 1 is 1.00 bits per heavy atom. The highest BCUT2D eigenvalue weighted by molar-refractivity contribution is 6.31. The molecule has 0 aromatic heterocycles. The van der Waals surface area contributed by atoms with Gasteiger partial charge >= 0.3 is 0 Å². The molecule has 0 aliphatic rings. The Labute approximate surface area is 137 Å². The first-order chi connectivity index (χ1) is 10.7. The maximum Gasteiger partial charge on any atom is 0.162 e. The maximum atomic E-state index is 6.37. The third-order valence-corrected chi connectivity index (χ3v) is 3.48. The average molecular weight is 320 g/mol. The van der Waals surface area contributed by atoms with Gasteiger partial charge in [0.05, 0.1) is 13.2 Å². The molecule has 22 heavy (non-hydrogen) atoms. The molecule has 1 N–H and O–H groups in total. The van der Waals surface area contributed by atoms with Gasteiger partial charge in [-0.15, -0.1) is 0 Å². The number of benzene rings is 2. The Morgan fingerprint density at radius 3 is 2.41 bits per heavy atom. The molecule has 118 valence electrons. The third kappa shape index (κ3) is 4.57. The second-order valence-corrected chi connectivity index (χ2v) is 5.30. The van der Waals surface area contributed by atoms with Crippen LogP contribution in [0.25, 0.3) is 0 Å². The lowest BCUT2D eigenvalue weighted by Crippen LogP contribution is -2.04. The number of para-hydroxylation sites is 1.